The van der Waals surface area contributed by atoms with Crippen LogP contribution < -0.4 is 10.0 Å². The van der Waals surface area contributed by atoms with Crippen molar-refractivity contribution >= 4 is 27.3 Å². The average Bonchev–Trinajstić information content (AvgIpc) is 2.63. The molecule has 1 aromatic heterocycles. The molecule has 25 heavy (non-hydrogen) atoms. The van der Waals surface area contributed by atoms with Crippen molar-refractivity contribution in [2.75, 3.05) is 10.0 Å². The van der Waals surface area contributed by atoms with Gasteiger partial charge >= 0.3 is 0 Å². The summed E-state index contributed by atoms with van der Waals surface area (Å²) in [6.07, 6.45) is 1.53. The first kappa shape index (κ1) is 16.7. The molecule has 126 valence electrons. The van der Waals surface area contributed by atoms with Gasteiger partial charge in [0.2, 0.25) is 0 Å². The first-order valence-electron chi connectivity index (χ1n) is 7.45. The highest BCUT2D eigenvalue weighted by molar-refractivity contribution is 7.92. The van der Waals surface area contributed by atoms with Gasteiger partial charge in [-0.1, -0.05) is 30.3 Å². The summed E-state index contributed by atoms with van der Waals surface area (Å²) in [5.74, 6) is -0.372. The number of nitrogens with one attached hydrogen (secondary N) is 2. The minimum atomic E-state index is -3.69. The largest absolute Gasteiger partial charge is 0.321 e. The van der Waals surface area contributed by atoms with Gasteiger partial charge in [0.25, 0.3) is 15.9 Å². The molecule has 0 bridgehead atoms. The van der Waals surface area contributed by atoms with Crippen molar-refractivity contribution in [3.8, 4) is 0 Å². The molecule has 0 saturated carbocycles. The van der Waals surface area contributed by atoms with Gasteiger partial charge in [-0.25, -0.2) is 8.42 Å². The summed E-state index contributed by atoms with van der Waals surface area (Å²) < 4.78 is 27.2. The smallest absolute Gasteiger partial charge is 0.274 e. The molecule has 3 rings (SSSR count). The van der Waals surface area contributed by atoms with Crippen LogP contribution in [0.1, 0.15) is 10.5 Å². The maximum Gasteiger partial charge on any atom is 0.274 e. The van der Waals surface area contributed by atoms with E-state index in [1.54, 1.807) is 60.7 Å². The van der Waals surface area contributed by atoms with Crippen LogP contribution in [0.15, 0.2) is 83.9 Å². The molecular formula is C18H15N3O3S. The molecule has 6 nitrogen and oxygen atoms in total. The second-order valence-electron chi connectivity index (χ2n) is 5.17. The molecule has 0 radical (unpaired) electrons. The van der Waals surface area contributed by atoms with Gasteiger partial charge in [-0.2, -0.15) is 0 Å². The van der Waals surface area contributed by atoms with Crippen molar-refractivity contribution < 1.29 is 13.2 Å². The number of hydrogen-bond acceptors (Lipinski definition) is 4. The minimum Gasteiger partial charge on any atom is -0.321 e. The Morgan fingerprint density at radius 1 is 0.840 bits per heavy atom. The van der Waals surface area contributed by atoms with Crippen molar-refractivity contribution in [1.29, 1.82) is 0 Å². The van der Waals surface area contributed by atoms with Crippen molar-refractivity contribution in [1.82, 2.24) is 4.98 Å². The van der Waals surface area contributed by atoms with E-state index in [4.69, 9.17) is 0 Å². The second-order valence-corrected chi connectivity index (χ2v) is 6.85. The van der Waals surface area contributed by atoms with Crippen molar-refractivity contribution in [2.24, 2.45) is 0 Å². The predicted octanol–water partition coefficient (Wildman–Crippen LogP) is 3.13. The number of carbonyl (C=O) groups excluding carboxylic acids is 1. The summed E-state index contributed by atoms with van der Waals surface area (Å²) in [7, 11) is -3.69. The third-order valence-corrected chi connectivity index (χ3v) is 4.72. The van der Waals surface area contributed by atoms with Gasteiger partial charge < -0.3 is 5.32 Å². The zero-order chi connectivity index (χ0) is 17.7. The molecule has 0 unspecified atom stereocenters. The molecule has 2 N–H and O–H groups in total. The van der Waals surface area contributed by atoms with E-state index >= 15 is 0 Å². The highest BCUT2D eigenvalue weighted by Gasteiger charge is 2.14. The van der Waals surface area contributed by atoms with E-state index in [9.17, 15) is 13.2 Å². The van der Waals surface area contributed by atoms with E-state index in [0.717, 1.165) is 0 Å². The molecule has 0 aliphatic carbocycles. The molecule has 3 aromatic rings. The minimum absolute atomic E-state index is 0.165. The number of nitrogens with zero attached hydrogens (tertiary/aromatic N) is 1. The lowest BCUT2D eigenvalue weighted by molar-refractivity contribution is 0.102. The first-order chi connectivity index (χ1) is 12.0. The number of sulfonamides is 1. The maximum absolute atomic E-state index is 12.3. The van der Waals surface area contributed by atoms with Crippen LogP contribution in [0, 0.1) is 0 Å². The van der Waals surface area contributed by atoms with Crippen LogP contribution in [0.25, 0.3) is 0 Å². The number of pyridine rings is 1. The quantitative estimate of drug-likeness (QED) is 0.737. The Kier molecular flexibility index (Phi) is 4.76. The van der Waals surface area contributed by atoms with Gasteiger partial charge in [-0.3, -0.25) is 14.5 Å². The van der Waals surface area contributed by atoms with Gasteiger partial charge in [-0.05, 0) is 42.5 Å². The number of hydrogen-bond donors (Lipinski definition) is 2. The standard InChI is InChI=1S/C18H15N3O3S/c22-18(17-11-4-5-12-19-17)20-14-7-6-8-15(13-14)21-25(23,24)16-9-2-1-3-10-16/h1-13,21H,(H,20,22). The Morgan fingerprint density at radius 2 is 1.56 bits per heavy atom. The van der Waals surface area contributed by atoms with Crippen molar-refractivity contribution in [3.05, 3.63) is 84.7 Å². The highest BCUT2D eigenvalue weighted by Crippen LogP contribution is 2.19. The predicted molar refractivity (Wildman–Crippen MR) is 95.9 cm³/mol. The fourth-order valence-electron chi connectivity index (χ4n) is 2.17. The van der Waals surface area contributed by atoms with E-state index < -0.39 is 10.0 Å². The maximum atomic E-state index is 12.3. The van der Waals surface area contributed by atoms with Gasteiger partial charge in [0.05, 0.1) is 10.6 Å². The number of aromatic nitrogens is 1. The normalized spacial score (nSPS) is 10.9. The molecule has 2 aromatic carbocycles. The van der Waals surface area contributed by atoms with Crippen LogP contribution in [-0.4, -0.2) is 19.3 Å². The molecule has 0 fully saturated rings. The topological polar surface area (TPSA) is 88.2 Å². The van der Waals surface area contributed by atoms with Crippen LogP contribution in [0.3, 0.4) is 0 Å². The SMILES string of the molecule is O=C(Nc1cccc(NS(=O)(=O)c2ccccc2)c1)c1ccccn1. The number of benzene rings is 2. The van der Waals surface area contributed by atoms with Crippen molar-refractivity contribution in [3.63, 3.8) is 0 Å². The fraction of sp³-hybridized carbons (Fsp3) is 0. The van der Waals surface area contributed by atoms with Crippen LogP contribution in [0.5, 0.6) is 0 Å². The molecule has 7 heteroatoms. The fourth-order valence-corrected chi connectivity index (χ4v) is 3.24. The van der Waals surface area contributed by atoms with Crippen LogP contribution >= 0.6 is 0 Å². The summed E-state index contributed by atoms with van der Waals surface area (Å²) in [6.45, 7) is 0. The van der Waals surface area contributed by atoms with E-state index in [0.29, 0.717) is 11.4 Å². The lowest BCUT2D eigenvalue weighted by atomic mass is 10.2. The lowest BCUT2D eigenvalue weighted by Crippen LogP contribution is -2.15. The average molecular weight is 353 g/mol. The number of anilines is 2. The first-order valence-corrected chi connectivity index (χ1v) is 8.93. The zero-order valence-electron chi connectivity index (χ0n) is 13.1. The van der Waals surface area contributed by atoms with Gasteiger partial charge in [0.1, 0.15) is 5.69 Å². The molecule has 0 aliphatic heterocycles. The monoisotopic (exact) mass is 353 g/mol. The van der Waals surface area contributed by atoms with E-state index in [1.807, 2.05) is 0 Å². The Morgan fingerprint density at radius 3 is 2.28 bits per heavy atom. The van der Waals surface area contributed by atoms with Gasteiger partial charge in [0.15, 0.2) is 0 Å². The molecule has 1 amide bonds. The molecule has 0 atom stereocenters. The lowest BCUT2D eigenvalue weighted by Gasteiger charge is -2.10. The Bertz CT molecular complexity index is 975. The number of amides is 1. The molecule has 0 spiro atoms. The van der Waals surface area contributed by atoms with E-state index in [-0.39, 0.29) is 16.5 Å². The summed E-state index contributed by atoms with van der Waals surface area (Å²) in [5, 5.41) is 2.69. The van der Waals surface area contributed by atoms with Crippen LogP contribution in [-0.2, 0) is 10.0 Å². The summed E-state index contributed by atoms with van der Waals surface area (Å²) in [5.41, 5.74) is 1.09. The van der Waals surface area contributed by atoms with Crippen LogP contribution in [0.4, 0.5) is 11.4 Å². The second kappa shape index (κ2) is 7.14. The summed E-state index contributed by atoms with van der Waals surface area (Å²) in [4.78, 5) is 16.3. The summed E-state index contributed by atoms with van der Waals surface area (Å²) in [6, 6.07) is 19.6. The number of rotatable bonds is 5. The van der Waals surface area contributed by atoms with Gasteiger partial charge in [-0.15, -0.1) is 0 Å². The Labute approximate surface area is 145 Å². The van der Waals surface area contributed by atoms with E-state index in [1.165, 1.54) is 18.3 Å². The third kappa shape index (κ3) is 4.21. The number of carbonyl (C=O) groups is 1. The molecule has 1 heterocycles. The molecule has 0 aliphatic rings. The summed E-state index contributed by atoms with van der Waals surface area (Å²) >= 11 is 0. The highest BCUT2D eigenvalue weighted by atomic mass is 32.2. The molecule has 0 saturated heterocycles. The zero-order valence-corrected chi connectivity index (χ0v) is 13.9. The van der Waals surface area contributed by atoms with Gasteiger partial charge in [0, 0.05) is 11.9 Å². The third-order valence-electron chi connectivity index (χ3n) is 3.32. The van der Waals surface area contributed by atoms with Crippen LogP contribution in [0.2, 0.25) is 0 Å². The molecular weight excluding hydrogens is 338 g/mol. The Balaban J connectivity index is 1.77. The van der Waals surface area contributed by atoms with Crippen molar-refractivity contribution in [2.45, 2.75) is 4.90 Å². The van der Waals surface area contributed by atoms with E-state index in [2.05, 4.69) is 15.0 Å². The Hall–Kier alpha value is -3.19.